The molecule has 0 saturated carbocycles. The summed E-state index contributed by atoms with van der Waals surface area (Å²) < 4.78 is 9.43. The van der Waals surface area contributed by atoms with E-state index in [-0.39, 0.29) is 32.0 Å². The first-order chi connectivity index (χ1) is 10.2. The van der Waals surface area contributed by atoms with E-state index < -0.39 is 12.0 Å². The van der Waals surface area contributed by atoms with E-state index in [1.807, 2.05) is 0 Å². The molecule has 1 aromatic rings. The Balaban J connectivity index is 2.49. The van der Waals surface area contributed by atoms with Crippen molar-refractivity contribution >= 4 is 18.3 Å². The van der Waals surface area contributed by atoms with Crippen LogP contribution in [0.25, 0.3) is 0 Å². The lowest BCUT2D eigenvalue weighted by Gasteiger charge is -2.16. The maximum atomic E-state index is 11.8. The molecule has 21 heavy (non-hydrogen) atoms. The number of carbonyl (C=O) groups is 3. The highest BCUT2D eigenvalue weighted by Crippen LogP contribution is 2.02. The summed E-state index contributed by atoms with van der Waals surface area (Å²) >= 11 is 0. The third kappa shape index (κ3) is 6.55. The van der Waals surface area contributed by atoms with Gasteiger partial charge in [-0.15, -0.1) is 0 Å². The molecule has 1 rings (SSSR count). The fourth-order valence-electron chi connectivity index (χ4n) is 1.68. The van der Waals surface area contributed by atoms with Gasteiger partial charge in [-0.1, -0.05) is 0 Å². The summed E-state index contributed by atoms with van der Waals surface area (Å²) in [5.74, 6) is -0.799. The number of hydrogen-bond donors (Lipinski definition) is 2. The average molecular weight is 297 g/mol. The van der Waals surface area contributed by atoms with Crippen molar-refractivity contribution in [2.24, 2.45) is 0 Å². The topological polar surface area (TPSA) is 110 Å². The summed E-state index contributed by atoms with van der Waals surface area (Å²) in [7, 11) is 0. The molecule has 0 aliphatic carbocycles. The molecule has 1 unspecified atom stereocenters. The minimum absolute atomic E-state index is 0.159. The van der Waals surface area contributed by atoms with E-state index in [9.17, 15) is 14.4 Å². The van der Waals surface area contributed by atoms with Gasteiger partial charge in [-0.25, -0.2) is 9.78 Å². The molecular formula is C13H19N3O5. The number of imidazole rings is 1. The highest BCUT2D eigenvalue weighted by atomic mass is 16.5. The Morgan fingerprint density at radius 3 is 2.95 bits per heavy atom. The quantitative estimate of drug-likeness (QED) is 0.356. The van der Waals surface area contributed by atoms with Crippen molar-refractivity contribution in [2.75, 3.05) is 13.2 Å². The number of esters is 1. The van der Waals surface area contributed by atoms with Gasteiger partial charge in [-0.3, -0.25) is 9.59 Å². The third-order valence-electron chi connectivity index (χ3n) is 2.62. The van der Waals surface area contributed by atoms with Gasteiger partial charge >= 0.3 is 5.97 Å². The molecule has 1 atom stereocenters. The van der Waals surface area contributed by atoms with E-state index in [2.05, 4.69) is 20.0 Å². The van der Waals surface area contributed by atoms with E-state index in [1.54, 1.807) is 13.1 Å². The molecule has 2 N–H and O–H groups in total. The molecule has 0 spiro atoms. The van der Waals surface area contributed by atoms with Crippen molar-refractivity contribution in [2.45, 2.75) is 32.2 Å². The zero-order valence-electron chi connectivity index (χ0n) is 11.8. The largest absolute Gasteiger partial charge is 0.468 e. The van der Waals surface area contributed by atoms with Gasteiger partial charge in [0.15, 0.2) is 0 Å². The van der Waals surface area contributed by atoms with Crippen molar-refractivity contribution in [1.82, 2.24) is 15.3 Å². The second-order valence-electron chi connectivity index (χ2n) is 4.22. The van der Waals surface area contributed by atoms with Crippen molar-refractivity contribution in [3.05, 3.63) is 18.2 Å². The molecule has 1 aromatic heterocycles. The lowest BCUT2D eigenvalue weighted by Crippen LogP contribution is -2.43. The number of amides is 1. The van der Waals surface area contributed by atoms with Gasteiger partial charge in [-0.2, -0.15) is 0 Å². The number of hydrogen-bond acceptors (Lipinski definition) is 6. The van der Waals surface area contributed by atoms with Crippen LogP contribution in [0.1, 0.15) is 25.5 Å². The van der Waals surface area contributed by atoms with Gasteiger partial charge in [-0.05, 0) is 13.3 Å². The lowest BCUT2D eigenvalue weighted by molar-refractivity contribution is -0.147. The molecule has 0 radical (unpaired) electrons. The van der Waals surface area contributed by atoms with E-state index in [4.69, 9.17) is 4.74 Å². The number of nitrogens with zero attached hydrogens (tertiary/aromatic N) is 1. The Labute approximate surface area is 122 Å². The molecule has 0 bridgehead atoms. The summed E-state index contributed by atoms with van der Waals surface area (Å²) in [6.07, 6.45) is 3.90. The van der Waals surface area contributed by atoms with Crippen LogP contribution < -0.4 is 5.32 Å². The number of aromatic nitrogens is 2. The summed E-state index contributed by atoms with van der Waals surface area (Å²) in [6, 6.07) is -0.773. The predicted octanol–water partition coefficient (Wildman–Crippen LogP) is -0.0467. The maximum absolute atomic E-state index is 11.8. The van der Waals surface area contributed by atoms with E-state index >= 15 is 0 Å². The molecule has 0 aliphatic heterocycles. The second kappa shape index (κ2) is 9.51. The van der Waals surface area contributed by atoms with Crippen LogP contribution in [0.2, 0.25) is 0 Å². The van der Waals surface area contributed by atoms with Gasteiger partial charge in [0.1, 0.15) is 6.04 Å². The normalized spacial score (nSPS) is 11.5. The fourth-order valence-corrected chi connectivity index (χ4v) is 1.68. The van der Waals surface area contributed by atoms with Gasteiger partial charge in [0.05, 0.1) is 19.5 Å². The van der Waals surface area contributed by atoms with E-state index in [0.717, 1.165) is 5.69 Å². The van der Waals surface area contributed by atoms with Gasteiger partial charge in [0.2, 0.25) is 5.91 Å². The Morgan fingerprint density at radius 1 is 1.52 bits per heavy atom. The number of nitrogens with one attached hydrogen (secondary N) is 2. The molecule has 116 valence electrons. The van der Waals surface area contributed by atoms with E-state index in [0.29, 0.717) is 12.9 Å². The van der Waals surface area contributed by atoms with Gasteiger partial charge in [0.25, 0.3) is 6.47 Å². The van der Waals surface area contributed by atoms with Crippen LogP contribution in [-0.4, -0.2) is 47.6 Å². The van der Waals surface area contributed by atoms with Crippen molar-refractivity contribution in [3.8, 4) is 0 Å². The average Bonchev–Trinajstić information content (AvgIpc) is 2.96. The molecule has 0 saturated heterocycles. The first-order valence-corrected chi connectivity index (χ1v) is 6.65. The highest BCUT2D eigenvalue weighted by Gasteiger charge is 2.22. The number of rotatable bonds is 10. The summed E-state index contributed by atoms with van der Waals surface area (Å²) in [6.45, 7) is 2.43. The Bertz CT molecular complexity index is 447. The number of aromatic amines is 1. The van der Waals surface area contributed by atoms with Crippen LogP contribution in [0.15, 0.2) is 12.5 Å². The highest BCUT2D eigenvalue weighted by molar-refractivity contribution is 5.84. The monoisotopic (exact) mass is 297 g/mol. The Hall–Kier alpha value is -2.38. The summed E-state index contributed by atoms with van der Waals surface area (Å²) in [4.78, 5) is 40.3. The molecule has 1 heterocycles. The van der Waals surface area contributed by atoms with Crippen LogP contribution in [0.5, 0.6) is 0 Å². The summed E-state index contributed by atoms with van der Waals surface area (Å²) in [5.41, 5.74) is 0.720. The predicted molar refractivity (Wildman–Crippen MR) is 72.1 cm³/mol. The molecule has 8 nitrogen and oxygen atoms in total. The second-order valence-corrected chi connectivity index (χ2v) is 4.22. The van der Waals surface area contributed by atoms with Crippen LogP contribution in [0, 0.1) is 0 Å². The molecule has 0 aromatic carbocycles. The zero-order valence-corrected chi connectivity index (χ0v) is 11.8. The molecule has 0 aliphatic rings. The van der Waals surface area contributed by atoms with Crippen LogP contribution >= 0.6 is 0 Å². The van der Waals surface area contributed by atoms with Gasteiger partial charge < -0.3 is 19.8 Å². The van der Waals surface area contributed by atoms with E-state index in [1.165, 1.54) is 6.33 Å². The molecular weight excluding hydrogens is 278 g/mol. The number of H-pyrrole nitrogens is 1. The molecule has 0 fully saturated rings. The summed E-state index contributed by atoms with van der Waals surface area (Å²) in [5, 5.41) is 2.61. The maximum Gasteiger partial charge on any atom is 0.329 e. The van der Waals surface area contributed by atoms with Gasteiger partial charge in [0, 0.05) is 24.7 Å². The molecule has 1 amide bonds. The minimum Gasteiger partial charge on any atom is -0.468 e. The Morgan fingerprint density at radius 2 is 2.33 bits per heavy atom. The first-order valence-electron chi connectivity index (χ1n) is 6.65. The van der Waals surface area contributed by atoms with Crippen LogP contribution in [0.4, 0.5) is 0 Å². The Kier molecular flexibility index (Phi) is 7.55. The van der Waals surface area contributed by atoms with Crippen molar-refractivity contribution in [3.63, 3.8) is 0 Å². The fraction of sp³-hybridized carbons (Fsp3) is 0.538. The SMILES string of the molecule is CCOC(=O)C(Cc1cnc[nH]1)NC(=O)CCCOC=O. The number of carbonyl (C=O) groups excluding carboxylic acids is 3. The van der Waals surface area contributed by atoms with Crippen molar-refractivity contribution in [1.29, 1.82) is 0 Å². The standard InChI is InChI=1S/C13H19N3O5/c1-2-21-13(19)11(6-10-7-14-8-15-10)16-12(18)4-3-5-20-9-17/h7-9,11H,2-6H2,1H3,(H,14,15)(H,16,18). The number of ether oxygens (including phenoxy) is 2. The smallest absolute Gasteiger partial charge is 0.329 e. The zero-order chi connectivity index (χ0) is 15.5. The third-order valence-corrected chi connectivity index (χ3v) is 2.62. The van der Waals surface area contributed by atoms with Crippen LogP contribution in [0.3, 0.4) is 0 Å². The molecule has 8 heteroatoms. The van der Waals surface area contributed by atoms with Crippen molar-refractivity contribution < 1.29 is 23.9 Å². The first kappa shape index (κ1) is 16.7. The van der Waals surface area contributed by atoms with Crippen LogP contribution in [-0.2, 0) is 30.3 Å². The lowest BCUT2D eigenvalue weighted by atomic mass is 10.1. The minimum atomic E-state index is -0.773.